The lowest BCUT2D eigenvalue weighted by atomic mass is 9.92. The molecule has 0 aliphatic heterocycles. The summed E-state index contributed by atoms with van der Waals surface area (Å²) in [4.78, 5) is 4.05. The van der Waals surface area contributed by atoms with E-state index in [2.05, 4.69) is 20.5 Å². The van der Waals surface area contributed by atoms with Gasteiger partial charge in [0.2, 0.25) is 0 Å². The zero-order valence-corrected chi connectivity index (χ0v) is 11.1. The van der Waals surface area contributed by atoms with Gasteiger partial charge in [0.25, 0.3) is 0 Å². The summed E-state index contributed by atoms with van der Waals surface area (Å²) in [6.07, 6.45) is 7.02. The maximum Gasteiger partial charge on any atom is 0.161 e. The zero-order chi connectivity index (χ0) is 13.2. The van der Waals surface area contributed by atoms with E-state index in [0.717, 1.165) is 36.5 Å². The molecular weight excluding hydrogens is 264 g/mol. The Balaban J connectivity index is 1.94. The molecule has 1 saturated carbocycles. The Hall–Kier alpha value is -1.46. The maximum absolute atomic E-state index is 10.0. The van der Waals surface area contributed by atoms with E-state index in [0.29, 0.717) is 11.0 Å². The summed E-state index contributed by atoms with van der Waals surface area (Å²) in [5.74, 6) is 0.660. The van der Waals surface area contributed by atoms with Crippen molar-refractivity contribution in [1.82, 2.24) is 15.2 Å². The molecule has 100 valence electrons. The highest BCUT2D eigenvalue weighted by molar-refractivity contribution is 6.34. The summed E-state index contributed by atoms with van der Waals surface area (Å²) in [5, 5.41) is 23.3. The first-order valence-electron chi connectivity index (χ1n) is 6.46. The van der Waals surface area contributed by atoms with Crippen LogP contribution in [0.25, 0.3) is 10.8 Å². The van der Waals surface area contributed by atoms with Crippen LogP contribution >= 0.6 is 11.6 Å². The fourth-order valence-corrected chi connectivity index (χ4v) is 2.72. The van der Waals surface area contributed by atoms with Crippen LogP contribution in [0.4, 0.5) is 5.82 Å². The number of aromatic nitrogens is 3. The second-order valence-corrected chi connectivity index (χ2v) is 5.22. The molecule has 0 unspecified atom stereocenters. The van der Waals surface area contributed by atoms with Crippen LogP contribution in [0, 0.1) is 0 Å². The average molecular weight is 279 g/mol. The lowest BCUT2D eigenvalue weighted by Gasteiger charge is -2.28. The monoisotopic (exact) mass is 278 g/mol. The third kappa shape index (κ3) is 2.48. The number of anilines is 1. The molecule has 5 nitrogen and oxygen atoms in total. The van der Waals surface area contributed by atoms with Crippen LogP contribution < -0.4 is 5.32 Å². The van der Waals surface area contributed by atoms with Gasteiger partial charge in [0, 0.05) is 23.2 Å². The number of aliphatic hydroxyl groups is 1. The summed E-state index contributed by atoms with van der Waals surface area (Å²) in [5.41, 5.74) is 0. The van der Waals surface area contributed by atoms with Crippen molar-refractivity contribution in [3.8, 4) is 0 Å². The number of nitrogens with zero attached hydrogens (tertiary/aromatic N) is 3. The number of fused-ring (bicyclic) bond motifs is 1. The molecule has 0 aromatic carbocycles. The second-order valence-electron chi connectivity index (χ2n) is 4.86. The number of nitrogens with one attached hydrogen (secondary N) is 1. The number of hydrogen-bond acceptors (Lipinski definition) is 5. The van der Waals surface area contributed by atoms with Crippen LogP contribution in [-0.2, 0) is 0 Å². The molecule has 0 saturated heterocycles. The predicted octanol–water partition coefficient (Wildman–Crippen LogP) is 2.39. The van der Waals surface area contributed by atoms with Crippen molar-refractivity contribution in [2.75, 3.05) is 5.32 Å². The van der Waals surface area contributed by atoms with Crippen molar-refractivity contribution >= 4 is 28.2 Å². The number of hydrogen-bond donors (Lipinski definition) is 2. The van der Waals surface area contributed by atoms with Crippen LogP contribution in [0.2, 0.25) is 5.15 Å². The van der Waals surface area contributed by atoms with Gasteiger partial charge in [-0.2, -0.15) is 0 Å². The van der Waals surface area contributed by atoms with E-state index in [1.54, 1.807) is 12.4 Å². The number of halogens is 1. The molecule has 2 atom stereocenters. The predicted molar refractivity (Wildman–Crippen MR) is 74.2 cm³/mol. The Morgan fingerprint density at radius 2 is 2.05 bits per heavy atom. The van der Waals surface area contributed by atoms with E-state index in [-0.39, 0.29) is 12.1 Å². The molecule has 2 aromatic rings. The lowest BCUT2D eigenvalue weighted by molar-refractivity contribution is 0.116. The van der Waals surface area contributed by atoms with Crippen LogP contribution in [0.5, 0.6) is 0 Å². The van der Waals surface area contributed by atoms with Crippen LogP contribution in [0.1, 0.15) is 25.7 Å². The SMILES string of the molecule is O[C@@H]1CCCC[C@H]1Nc1nnc(Cl)c2cnccc12. The molecule has 19 heavy (non-hydrogen) atoms. The molecule has 0 bridgehead atoms. The van der Waals surface area contributed by atoms with E-state index in [9.17, 15) is 5.11 Å². The van der Waals surface area contributed by atoms with Gasteiger partial charge in [0.1, 0.15) is 0 Å². The summed E-state index contributed by atoms with van der Waals surface area (Å²) in [6.45, 7) is 0. The average Bonchev–Trinajstić information content (AvgIpc) is 2.44. The minimum absolute atomic E-state index is 0.0283. The highest BCUT2D eigenvalue weighted by atomic mass is 35.5. The standard InChI is InChI=1S/C13H15ClN4O/c14-12-9-7-15-6-5-8(9)13(18-17-12)16-10-3-1-2-4-11(10)19/h5-7,10-11,19H,1-4H2,(H,16,18)/t10-,11-/m1/s1. The van der Waals surface area contributed by atoms with Gasteiger partial charge in [0.05, 0.1) is 12.1 Å². The van der Waals surface area contributed by atoms with Crippen molar-refractivity contribution in [3.05, 3.63) is 23.6 Å². The minimum Gasteiger partial charge on any atom is -0.391 e. The summed E-state index contributed by atoms with van der Waals surface area (Å²) in [7, 11) is 0. The van der Waals surface area contributed by atoms with Crippen LogP contribution in [0.3, 0.4) is 0 Å². The topological polar surface area (TPSA) is 70.9 Å². The molecule has 1 aliphatic carbocycles. The largest absolute Gasteiger partial charge is 0.391 e. The Labute approximate surface area is 116 Å². The fraction of sp³-hybridized carbons (Fsp3) is 0.462. The molecule has 2 aromatic heterocycles. The van der Waals surface area contributed by atoms with Gasteiger partial charge in [-0.05, 0) is 18.9 Å². The molecule has 3 rings (SSSR count). The van der Waals surface area contributed by atoms with E-state index in [4.69, 9.17) is 11.6 Å². The van der Waals surface area contributed by atoms with E-state index < -0.39 is 0 Å². The van der Waals surface area contributed by atoms with Crippen molar-refractivity contribution < 1.29 is 5.11 Å². The third-order valence-corrected chi connectivity index (χ3v) is 3.87. The first-order valence-corrected chi connectivity index (χ1v) is 6.84. The second kappa shape index (κ2) is 5.27. The molecule has 0 radical (unpaired) electrons. The minimum atomic E-state index is -0.330. The van der Waals surface area contributed by atoms with Crippen molar-refractivity contribution in [3.63, 3.8) is 0 Å². The number of aliphatic hydroxyl groups excluding tert-OH is 1. The molecule has 6 heteroatoms. The van der Waals surface area contributed by atoms with E-state index in [1.807, 2.05) is 6.07 Å². The highest BCUT2D eigenvalue weighted by Gasteiger charge is 2.24. The fourth-order valence-electron chi connectivity index (χ4n) is 2.53. The highest BCUT2D eigenvalue weighted by Crippen LogP contribution is 2.27. The van der Waals surface area contributed by atoms with Crippen molar-refractivity contribution in [2.45, 2.75) is 37.8 Å². The van der Waals surface area contributed by atoms with E-state index in [1.165, 1.54) is 0 Å². The molecular formula is C13H15ClN4O. The Bertz CT molecular complexity index is 592. The van der Waals surface area contributed by atoms with Gasteiger partial charge in [-0.25, -0.2) is 0 Å². The number of rotatable bonds is 2. The quantitative estimate of drug-likeness (QED) is 0.883. The Kier molecular flexibility index (Phi) is 3.48. The van der Waals surface area contributed by atoms with Gasteiger partial charge in [-0.1, -0.05) is 24.4 Å². The first kappa shape index (κ1) is 12.6. The third-order valence-electron chi connectivity index (χ3n) is 3.59. The molecule has 2 heterocycles. The maximum atomic E-state index is 10.0. The van der Waals surface area contributed by atoms with Crippen molar-refractivity contribution in [1.29, 1.82) is 0 Å². The Morgan fingerprint density at radius 1 is 1.21 bits per heavy atom. The summed E-state index contributed by atoms with van der Waals surface area (Å²) in [6, 6.07) is 1.88. The summed E-state index contributed by atoms with van der Waals surface area (Å²) < 4.78 is 0. The Morgan fingerprint density at radius 3 is 2.89 bits per heavy atom. The normalized spacial score (nSPS) is 23.5. The molecule has 0 spiro atoms. The smallest absolute Gasteiger partial charge is 0.161 e. The lowest BCUT2D eigenvalue weighted by Crippen LogP contribution is -2.36. The number of pyridine rings is 1. The first-order chi connectivity index (χ1) is 9.25. The van der Waals surface area contributed by atoms with Gasteiger partial charge >= 0.3 is 0 Å². The van der Waals surface area contributed by atoms with Crippen molar-refractivity contribution in [2.24, 2.45) is 0 Å². The molecule has 1 fully saturated rings. The van der Waals surface area contributed by atoms with Gasteiger partial charge in [0.15, 0.2) is 11.0 Å². The molecule has 0 amide bonds. The summed E-state index contributed by atoms with van der Waals surface area (Å²) >= 11 is 6.01. The van der Waals surface area contributed by atoms with Gasteiger partial charge in [-0.15, -0.1) is 10.2 Å². The zero-order valence-electron chi connectivity index (χ0n) is 10.4. The molecule has 2 N–H and O–H groups in total. The van der Waals surface area contributed by atoms with E-state index >= 15 is 0 Å². The van der Waals surface area contributed by atoms with Gasteiger partial charge < -0.3 is 10.4 Å². The van der Waals surface area contributed by atoms with Crippen LogP contribution in [0.15, 0.2) is 18.5 Å². The van der Waals surface area contributed by atoms with Gasteiger partial charge in [-0.3, -0.25) is 4.98 Å². The molecule has 1 aliphatic rings. The van der Waals surface area contributed by atoms with Crippen LogP contribution in [-0.4, -0.2) is 32.4 Å².